The Morgan fingerprint density at radius 1 is 0.464 bits per heavy atom. The van der Waals surface area contributed by atoms with Gasteiger partial charge >= 0.3 is 0 Å². The molecular weight excluding hydrogens is 362 g/mol. The Balaban J connectivity index is 0. The van der Waals surface area contributed by atoms with Gasteiger partial charge in [0.1, 0.15) is 0 Å². The molecule has 0 saturated carbocycles. The number of hydrogen-bond donors (Lipinski definition) is 1. The van der Waals surface area contributed by atoms with Crippen LogP contribution in [0.25, 0.3) is 0 Å². The second kappa shape index (κ2) is 25.3. The van der Waals surface area contributed by atoms with E-state index in [4.69, 9.17) is 5.73 Å². The van der Waals surface area contributed by atoms with Gasteiger partial charge in [0.25, 0.3) is 0 Å². The highest BCUT2D eigenvalue weighted by Crippen LogP contribution is 2.18. The molecule has 0 bridgehead atoms. The molecule has 28 heavy (non-hydrogen) atoms. The molecule has 1 nitrogen and oxygen atoms in total. The van der Waals surface area contributed by atoms with Crippen LogP contribution in [0.1, 0.15) is 156 Å². The lowest BCUT2D eigenvalue weighted by molar-refractivity contribution is 0.378. The molecule has 2 heteroatoms. The van der Waals surface area contributed by atoms with Crippen molar-refractivity contribution >= 4 is 12.4 Å². The van der Waals surface area contributed by atoms with E-state index in [1.165, 1.54) is 135 Å². The maximum atomic E-state index is 6.32. The lowest BCUT2D eigenvalue weighted by Gasteiger charge is -2.19. The van der Waals surface area contributed by atoms with Crippen LogP contribution in [0.3, 0.4) is 0 Å². The molecular formula is C26H56ClN. The monoisotopic (exact) mass is 417 g/mol. The third-order valence-corrected chi connectivity index (χ3v) is 6.38. The third-order valence-electron chi connectivity index (χ3n) is 6.38. The largest absolute Gasteiger partial charge is 0.327 e. The number of halogens is 1. The smallest absolute Gasteiger partial charge is 0.00645 e. The van der Waals surface area contributed by atoms with Crippen molar-refractivity contribution in [2.24, 2.45) is 11.7 Å². The molecule has 0 aliphatic carbocycles. The number of hydrogen-bond acceptors (Lipinski definition) is 1. The van der Waals surface area contributed by atoms with Gasteiger partial charge in [-0.25, -0.2) is 0 Å². The first-order valence-electron chi connectivity index (χ1n) is 13.0. The molecule has 0 aliphatic rings. The van der Waals surface area contributed by atoms with E-state index in [0.29, 0.717) is 12.0 Å². The minimum absolute atomic E-state index is 0. The number of rotatable bonds is 22. The van der Waals surface area contributed by atoms with Crippen molar-refractivity contribution in [3.63, 3.8) is 0 Å². The van der Waals surface area contributed by atoms with Crippen LogP contribution < -0.4 is 5.73 Å². The van der Waals surface area contributed by atoms with E-state index < -0.39 is 0 Å². The molecule has 0 rings (SSSR count). The van der Waals surface area contributed by atoms with Crippen molar-refractivity contribution in [3.05, 3.63) is 0 Å². The summed E-state index contributed by atoms with van der Waals surface area (Å²) in [4.78, 5) is 0. The Bertz CT molecular complexity index is 269. The molecule has 172 valence electrons. The van der Waals surface area contributed by atoms with Crippen LogP contribution in [0.2, 0.25) is 0 Å². The highest BCUT2D eigenvalue weighted by atomic mass is 35.5. The maximum absolute atomic E-state index is 6.32. The summed E-state index contributed by atoms with van der Waals surface area (Å²) in [6.07, 6.45) is 29.8. The molecule has 0 fully saturated rings. The second-order valence-corrected chi connectivity index (χ2v) is 9.23. The molecule has 0 aromatic carbocycles. The molecule has 0 saturated heterocycles. The zero-order valence-corrected chi connectivity index (χ0v) is 20.8. The predicted molar refractivity (Wildman–Crippen MR) is 133 cm³/mol. The first-order chi connectivity index (χ1) is 13.2. The van der Waals surface area contributed by atoms with E-state index in [2.05, 4.69) is 20.8 Å². The maximum Gasteiger partial charge on any atom is 0.00645 e. The van der Waals surface area contributed by atoms with Crippen LogP contribution >= 0.6 is 12.4 Å². The first-order valence-corrected chi connectivity index (χ1v) is 13.0. The van der Waals surface area contributed by atoms with Gasteiger partial charge in [-0.2, -0.15) is 0 Å². The number of nitrogens with two attached hydrogens (primary N) is 1. The summed E-state index contributed by atoms with van der Waals surface area (Å²) < 4.78 is 0. The zero-order chi connectivity index (χ0) is 20.0. The van der Waals surface area contributed by atoms with E-state index in [-0.39, 0.29) is 12.4 Å². The molecule has 0 heterocycles. The summed E-state index contributed by atoms with van der Waals surface area (Å²) in [6.45, 7) is 6.93. The summed E-state index contributed by atoms with van der Waals surface area (Å²) in [7, 11) is 0. The second-order valence-electron chi connectivity index (χ2n) is 9.23. The van der Waals surface area contributed by atoms with Crippen molar-refractivity contribution in [2.75, 3.05) is 0 Å². The van der Waals surface area contributed by atoms with Gasteiger partial charge in [-0.15, -0.1) is 12.4 Å². The van der Waals surface area contributed by atoms with Crippen molar-refractivity contribution in [1.82, 2.24) is 0 Å². The summed E-state index contributed by atoms with van der Waals surface area (Å²) in [5, 5.41) is 0. The minimum Gasteiger partial charge on any atom is -0.327 e. The Hall–Kier alpha value is 0.250. The Labute approximate surface area is 185 Å². The molecule has 2 atom stereocenters. The predicted octanol–water partition coefficient (Wildman–Crippen LogP) is 9.60. The van der Waals surface area contributed by atoms with Gasteiger partial charge in [0.05, 0.1) is 0 Å². The summed E-state index contributed by atoms with van der Waals surface area (Å²) >= 11 is 0. The average molecular weight is 418 g/mol. The lowest BCUT2D eigenvalue weighted by atomic mass is 9.92. The van der Waals surface area contributed by atoms with Crippen LogP contribution in [0.4, 0.5) is 0 Å². The fourth-order valence-electron chi connectivity index (χ4n) is 4.14. The molecule has 2 unspecified atom stereocenters. The first kappa shape index (κ1) is 30.4. The van der Waals surface area contributed by atoms with Crippen molar-refractivity contribution in [2.45, 2.75) is 162 Å². The highest BCUT2D eigenvalue weighted by Gasteiger charge is 2.11. The lowest BCUT2D eigenvalue weighted by Crippen LogP contribution is -2.28. The van der Waals surface area contributed by atoms with E-state index in [1.807, 2.05) is 0 Å². The van der Waals surface area contributed by atoms with E-state index >= 15 is 0 Å². The molecule has 0 radical (unpaired) electrons. The molecule has 0 spiro atoms. The molecule has 0 aromatic heterocycles. The summed E-state index contributed by atoms with van der Waals surface area (Å²) in [6, 6.07) is 0.438. The normalized spacial score (nSPS) is 13.3. The number of unbranched alkanes of at least 4 members (excludes halogenated alkanes) is 17. The quantitative estimate of drug-likeness (QED) is 0.174. The fraction of sp³-hybridized carbons (Fsp3) is 1.00. The SMILES string of the molecule is CCCCCCCCCCCCCCCCCCC(C)C(N)CCCCC.Cl. The van der Waals surface area contributed by atoms with Crippen LogP contribution in [0.15, 0.2) is 0 Å². The summed E-state index contributed by atoms with van der Waals surface area (Å²) in [5.41, 5.74) is 6.32. The average Bonchev–Trinajstić information content (AvgIpc) is 2.67. The van der Waals surface area contributed by atoms with Crippen molar-refractivity contribution < 1.29 is 0 Å². The van der Waals surface area contributed by atoms with Gasteiger partial charge in [0.15, 0.2) is 0 Å². The van der Waals surface area contributed by atoms with Gasteiger partial charge in [0.2, 0.25) is 0 Å². The van der Waals surface area contributed by atoms with E-state index in [1.54, 1.807) is 0 Å². The topological polar surface area (TPSA) is 26.0 Å². The zero-order valence-electron chi connectivity index (χ0n) is 20.0. The van der Waals surface area contributed by atoms with Gasteiger partial charge in [0, 0.05) is 6.04 Å². The highest BCUT2D eigenvalue weighted by molar-refractivity contribution is 5.85. The van der Waals surface area contributed by atoms with Crippen molar-refractivity contribution in [3.8, 4) is 0 Å². The molecule has 0 aliphatic heterocycles. The fourth-order valence-corrected chi connectivity index (χ4v) is 4.14. The Morgan fingerprint density at radius 3 is 1.14 bits per heavy atom. The van der Waals surface area contributed by atoms with Crippen LogP contribution in [-0.2, 0) is 0 Å². The Morgan fingerprint density at radius 2 is 0.750 bits per heavy atom. The van der Waals surface area contributed by atoms with E-state index in [0.717, 1.165) is 0 Å². The summed E-state index contributed by atoms with van der Waals surface area (Å²) in [5.74, 6) is 0.716. The Kier molecular flexibility index (Phi) is 27.5. The molecule has 2 N–H and O–H groups in total. The molecule has 0 amide bonds. The van der Waals surface area contributed by atoms with Gasteiger partial charge in [-0.05, 0) is 18.8 Å². The van der Waals surface area contributed by atoms with Crippen molar-refractivity contribution in [1.29, 1.82) is 0 Å². The van der Waals surface area contributed by atoms with Gasteiger partial charge < -0.3 is 5.73 Å². The third kappa shape index (κ3) is 22.5. The van der Waals surface area contributed by atoms with Gasteiger partial charge in [-0.1, -0.05) is 143 Å². The standard InChI is InChI=1S/C26H55N.ClH/c1-4-6-8-9-10-11-12-13-14-15-16-17-18-19-20-22-23-25(3)26(27)24-21-7-5-2;/h25-26H,4-24,27H2,1-3H3;1H. The van der Waals surface area contributed by atoms with E-state index in [9.17, 15) is 0 Å². The van der Waals surface area contributed by atoms with Crippen LogP contribution in [0.5, 0.6) is 0 Å². The van der Waals surface area contributed by atoms with Crippen LogP contribution in [-0.4, -0.2) is 6.04 Å². The minimum atomic E-state index is 0. The van der Waals surface area contributed by atoms with Gasteiger partial charge in [-0.3, -0.25) is 0 Å². The van der Waals surface area contributed by atoms with Crippen LogP contribution in [0, 0.1) is 5.92 Å². The molecule has 0 aromatic rings.